The highest BCUT2D eigenvalue weighted by Gasteiger charge is 2.18. The minimum Gasteiger partial charge on any atom is -0.256 e. The summed E-state index contributed by atoms with van der Waals surface area (Å²) < 4.78 is 48.0. The molecule has 2 aromatic heterocycles. The molecule has 0 saturated heterocycles. The van der Waals surface area contributed by atoms with Crippen LogP contribution < -0.4 is 0 Å². The van der Waals surface area contributed by atoms with Crippen LogP contribution >= 0.6 is 11.3 Å². The summed E-state index contributed by atoms with van der Waals surface area (Å²) in [4.78, 5) is 6.02. The van der Waals surface area contributed by atoms with Crippen LogP contribution in [0.1, 0.15) is 12.5 Å². The molecular formula is C30H27NO4S3. The molecule has 1 unspecified atom stereocenters. The molecule has 5 rings (SSSR count). The second-order valence-electron chi connectivity index (χ2n) is 9.60. The van der Waals surface area contributed by atoms with Crippen LogP contribution in [0.15, 0.2) is 95.3 Å². The zero-order chi connectivity index (χ0) is 27.1. The Bertz CT molecular complexity index is 1860. The van der Waals surface area contributed by atoms with Gasteiger partial charge in [-0.3, -0.25) is 4.98 Å². The van der Waals surface area contributed by atoms with Crippen molar-refractivity contribution in [2.75, 3.05) is 12.5 Å². The van der Waals surface area contributed by atoms with Crippen molar-refractivity contribution < 1.29 is 16.8 Å². The predicted octanol–water partition coefficient (Wildman–Crippen LogP) is 6.68. The molecule has 0 aliphatic rings. The Morgan fingerprint density at radius 2 is 1.53 bits per heavy atom. The fraction of sp³-hybridized carbons (Fsp3) is 0.167. The van der Waals surface area contributed by atoms with Gasteiger partial charge in [0.2, 0.25) is 0 Å². The molecule has 0 aliphatic carbocycles. The molecule has 2 heterocycles. The van der Waals surface area contributed by atoms with Gasteiger partial charge in [0.15, 0.2) is 9.84 Å². The van der Waals surface area contributed by atoms with Gasteiger partial charge < -0.3 is 0 Å². The minimum atomic E-state index is -3.26. The van der Waals surface area contributed by atoms with Crippen LogP contribution in [0, 0.1) is 0 Å². The van der Waals surface area contributed by atoms with Gasteiger partial charge in [-0.2, -0.15) is 0 Å². The molecule has 3 aromatic carbocycles. The van der Waals surface area contributed by atoms with E-state index in [2.05, 4.69) is 23.2 Å². The fourth-order valence-corrected chi connectivity index (χ4v) is 6.59. The fourth-order valence-electron chi connectivity index (χ4n) is 4.55. The number of thiophene rings is 1. The largest absolute Gasteiger partial charge is 0.256 e. The molecule has 0 N–H and O–H groups in total. The van der Waals surface area contributed by atoms with Gasteiger partial charge in [-0.15, -0.1) is 11.3 Å². The van der Waals surface area contributed by atoms with Gasteiger partial charge in [-0.05, 0) is 83.4 Å². The lowest BCUT2D eigenvalue weighted by molar-refractivity contribution is 0.588. The number of rotatable bonds is 7. The highest BCUT2D eigenvalue weighted by Crippen LogP contribution is 2.39. The third-order valence-electron chi connectivity index (χ3n) is 6.71. The van der Waals surface area contributed by atoms with Crippen molar-refractivity contribution in [2.45, 2.75) is 23.5 Å². The SMILES string of the molecule is CC(Cc1cc(-c2cccc(-c3sccc3-c3ccc(S(C)(=O)=O)cc3)c2)c2ncccc2c1)S(C)(=O)=O. The molecular weight excluding hydrogens is 535 g/mol. The average Bonchev–Trinajstić information content (AvgIpc) is 3.37. The molecule has 0 aliphatic heterocycles. The molecule has 8 heteroatoms. The Labute approximate surface area is 227 Å². The van der Waals surface area contributed by atoms with E-state index in [-0.39, 0.29) is 0 Å². The number of aromatic nitrogens is 1. The first-order valence-corrected chi connectivity index (χ1v) is 16.8. The number of sulfone groups is 2. The third kappa shape index (κ3) is 5.43. The van der Waals surface area contributed by atoms with Gasteiger partial charge in [0.25, 0.3) is 0 Å². The number of fused-ring (bicyclic) bond motifs is 1. The summed E-state index contributed by atoms with van der Waals surface area (Å²) in [6.45, 7) is 1.74. The highest BCUT2D eigenvalue weighted by molar-refractivity contribution is 7.91. The number of nitrogens with zero attached hydrogens (tertiary/aromatic N) is 1. The van der Waals surface area contributed by atoms with E-state index in [1.54, 1.807) is 36.6 Å². The lowest BCUT2D eigenvalue weighted by Gasteiger charge is -2.14. The smallest absolute Gasteiger partial charge is 0.175 e. The summed E-state index contributed by atoms with van der Waals surface area (Å²) in [6, 6.07) is 25.2. The van der Waals surface area contributed by atoms with Crippen LogP contribution in [0.3, 0.4) is 0 Å². The van der Waals surface area contributed by atoms with Gasteiger partial charge in [0.1, 0.15) is 9.84 Å². The van der Waals surface area contributed by atoms with Crippen molar-refractivity contribution in [3.05, 3.63) is 96.0 Å². The first-order valence-electron chi connectivity index (χ1n) is 12.1. The van der Waals surface area contributed by atoms with E-state index in [0.29, 0.717) is 11.3 Å². The van der Waals surface area contributed by atoms with Gasteiger partial charge in [-0.1, -0.05) is 36.4 Å². The van der Waals surface area contributed by atoms with Crippen molar-refractivity contribution in [1.82, 2.24) is 4.98 Å². The zero-order valence-corrected chi connectivity index (χ0v) is 23.7. The maximum Gasteiger partial charge on any atom is 0.175 e. The van der Waals surface area contributed by atoms with Crippen molar-refractivity contribution >= 4 is 41.9 Å². The van der Waals surface area contributed by atoms with E-state index < -0.39 is 24.9 Å². The summed E-state index contributed by atoms with van der Waals surface area (Å²) in [6.07, 6.45) is 4.68. The molecule has 5 aromatic rings. The topological polar surface area (TPSA) is 81.2 Å². The van der Waals surface area contributed by atoms with Crippen LogP contribution in [0.4, 0.5) is 0 Å². The molecule has 0 radical (unpaired) electrons. The van der Waals surface area contributed by atoms with Crippen molar-refractivity contribution in [3.8, 4) is 32.7 Å². The first-order chi connectivity index (χ1) is 18.0. The summed E-state index contributed by atoms with van der Waals surface area (Å²) in [5, 5.41) is 2.51. The van der Waals surface area contributed by atoms with Crippen molar-refractivity contribution in [1.29, 1.82) is 0 Å². The van der Waals surface area contributed by atoms with Gasteiger partial charge >= 0.3 is 0 Å². The summed E-state index contributed by atoms with van der Waals surface area (Å²) >= 11 is 1.63. The van der Waals surface area contributed by atoms with Crippen LogP contribution in [-0.4, -0.2) is 39.6 Å². The van der Waals surface area contributed by atoms with Crippen LogP contribution in [0.25, 0.3) is 43.6 Å². The highest BCUT2D eigenvalue weighted by atomic mass is 32.2. The van der Waals surface area contributed by atoms with Crippen LogP contribution in [0.2, 0.25) is 0 Å². The monoisotopic (exact) mass is 561 g/mol. The Hall–Kier alpha value is -3.33. The number of benzene rings is 3. The van der Waals surface area contributed by atoms with E-state index in [9.17, 15) is 16.8 Å². The summed E-state index contributed by atoms with van der Waals surface area (Å²) in [7, 11) is -6.42. The van der Waals surface area contributed by atoms with Crippen LogP contribution in [-0.2, 0) is 26.1 Å². The molecule has 38 heavy (non-hydrogen) atoms. The van der Waals surface area contributed by atoms with Gasteiger partial charge in [0, 0.05) is 40.1 Å². The third-order valence-corrected chi connectivity index (χ3v) is 10.4. The van der Waals surface area contributed by atoms with Gasteiger partial charge in [0.05, 0.1) is 15.7 Å². The van der Waals surface area contributed by atoms with E-state index in [0.717, 1.165) is 49.2 Å². The quantitative estimate of drug-likeness (QED) is 0.222. The normalized spacial score (nSPS) is 13.0. The lowest BCUT2D eigenvalue weighted by atomic mass is 9.95. The number of hydrogen-bond donors (Lipinski definition) is 0. The Kier molecular flexibility index (Phi) is 6.98. The standard InChI is InChI=1S/C30H27NO4S3/c1-20(37(2,32)33)16-21-17-24-8-5-14-31-29(24)28(18-21)23-6-4-7-25(19-23)30-27(13-15-36-30)22-9-11-26(12-10-22)38(3,34)35/h4-15,17-20H,16H2,1-3H3. The molecule has 5 nitrogen and oxygen atoms in total. The molecule has 194 valence electrons. The second kappa shape index (κ2) is 10.1. The average molecular weight is 562 g/mol. The van der Waals surface area contributed by atoms with Gasteiger partial charge in [-0.25, -0.2) is 16.8 Å². The minimum absolute atomic E-state index is 0.296. The first kappa shape index (κ1) is 26.3. The van der Waals surface area contributed by atoms with E-state index in [1.807, 2.05) is 53.9 Å². The summed E-state index contributed by atoms with van der Waals surface area (Å²) in [5.41, 5.74) is 6.78. The summed E-state index contributed by atoms with van der Waals surface area (Å²) in [5.74, 6) is 0. The maximum absolute atomic E-state index is 12.1. The molecule has 0 bridgehead atoms. The predicted molar refractivity (Wildman–Crippen MR) is 157 cm³/mol. The number of hydrogen-bond acceptors (Lipinski definition) is 6. The zero-order valence-electron chi connectivity index (χ0n) is 21.2. The van der Waals surface area contributed by atoms with E-state index in [1.165, 1.54) is 12.5 Å². The Morgan fingerprint density at radius 3 is 2.24 bits per heavy atom. The molecule has 0 amide bonds. The van der Waals surface area contributed by atoms with Crippen LogP contribution in [0.5, 0.6) is 0 Å². The molecule has 0 fully saturated rings. The Morgan fingerprint density at radius 1 is 0.789 bits per heavy atom. The molecule has 0 spiro atoms. The lowest BCUT2D eigenvalue weighted by Crippen LogP contribution is -2.18. The Balaban J connectivity index is 1.58. The van der Waals surface area contributed by atoms with E-state index >= 15 is 0 Å². The van der Waals surface area contributed by atoms with Crippen molar-refractivity contribution in [3.63, 3.8) is 0 Å². The molecule has 0 saturated carbocycles. The van der Waals surface area contributed by atoms with E-state index in [4.69, 9.17) is 0 Å². The van der Waals surface area contributed by atoms with Crippen molar-refractivity contribution in [2.24, 2.45) is 0 Å². The number of pyridine rings is 1. The second-order valence-corrected chi connectivity index (χ2v) is 15.0. The molecule has 1 atom stereocenters. The maximum atomic E-state index is 12.1.